The lowest BCUT2D eigenvalue weighted by Crippen LogP contribution is -2.78. The molecule has 0 amide bonds. The normalized spacial score (nSPS) is 35.2. The van der Waals surface area contributed by atoms with Crippen LogP contribution in [0.2, 0.25) is 0 Å². The minimum atomic E-state index is -0.478. The fourth-order valence-corrected chi connectivity index (χ4v) is 7.10. The molecule has 1 aromatic carbocycles. The van der Waals surface area contributed by atoms with Crippen molar-refractivity contribution in [3.63, 3.8) is 0 Å². The van der Waals surface area contributed by atoms with Crippen LogP contribution in [-0.2, 0) is 26.1 Å². The number of nitrogens with one attached hydrogen (secondary N) is 1. The Labute approximate surface area is 190 Å². The Balaban J connectivity index is 1.46. The number of phenolic OH excluding ortho intramolecular Hbond substituents is 1. The molecular weight excluding hydrogens is 408 g/mol. The monoisotopic (exact) mass is 444 g/mol. The molecule has 1 saturated heterocycles. The third kappa shape index (κ3) is 2.94. The smallest absolute Gasteiger partial charge is 0.307 e. The van der Waals surface area contributed by atoms with Crippen LogP contribution in [0.4, 0.5) is 0 Å². The van der Waals surface area contributed by atoms with E-state index < -0.39 is 5.60 Å². The first kappa shape index (κ1) is 22.0. The van der Waals surface area contributed by atoms with Crippen molar-refractivity contribution < 1.29 is 24.1 Å². The average Bonchev–Trinajstić information content (AvgIpc) is 3.08. The summed E-state index contributed by atoms with van der Waals surface area (Å²) in [7, 11) is 4.04. The molecule has 2 bridgehead atoms. The highest BCUT2D eigenvalue weighted by Gasteiger charge is 2.73. The molecule has 0 unspecified atom stereocenters. The summed E-state index contributed by atoms with van der Waals surface area (Å²) in [5.41, 5.74) is 1.29. The van der Waals surface area contributed by atoms with E-state index in [1.165, 1.54) is 5.56 Å². The van der Waals surface area contributed by atoms with Crippen LogP contribution in [-0.4, -0.2) is 72.6 Å². The SMILES string of the molecule is CO[C@@]12CC[C@@H](NCCC(=O)OC(C)(C)C)[C@@H]3Oc4c(O)ccc5c4[C@@]31CCN(C)[C@@H]2C5. The Morgan fingerprint density at radius 1 is 1.34 bits per heavy atom. The Morgan fingerprint density at radius 2 is 2.12 bits per heavy atom. The van der Waals surface area contributed by atoms with Gasteiger partial charge in [-0.25, -0.2) is 0 Å². The van der Waals surface area contributed by atoms with Gasteiger partial charge in [0.05, 0.1) is 17.4 Å². The van der Waals surface area contributed by atoms with Crippen molar-refractivity contribution >= 4 is 5.97 Å². The maximum Gasteiger partial charge on any atom is 0.307 e. The molecule has 2 fully saturated rings. The molecule has 1 saturated carbocycles. The van der Waals surface area contributed by atoms with Gasteiger partial charge in [-0.3, -0.25) is 4.79 Å². The predicted molar refractivity (Wildman–Crippen MR) is 120 cm³/mol. The number of nitrogens with zero attached hydrogens (tertiary/aromatic N) is 1. The summed E-state index contributed by atoms with van der Waals surface area (Å²) < 4.78 is 18.5. The second-order valence-corrected chi connectivity index (χ2v) is 10.9. The second-order valence-electron chi connectivity index (χ2n) is 10.9. The van der Waals surface area contributed by atoms with Crippen LogP contribution in [0.3, 0.4) is 0 Å². The van der Waals surface area contributed by atoms with Gasteiger partial charge in [-0.2, -0.15) is 0 Å². The average molecular weight is 445 g/mol. The van der Waals surface area contributed by atoms with Gasteiger partial charge in [0, 0.05) is 31.3 Å². The van der Waals surface area contributed by atoms with E-state index in [4.69, 9.17) is 14.2 Å². The van der Waals surface area contributed by atoms with Crippen molar-refractivity contribution in [2.45, 2.75) is 87.7 Å². The van der Waals surface area contributed by atoms with Gasteiger partial charge in [0.2, 0.25) is 0 Å². The van der Waals surface area contributed by atoms with E-state index in [9.17, 15) is 9.90 Å². The lowest BCUT2D eigenvalue weighted by molar-refractivity contribution is -0.203. The summed E-state index contributed by atoms with van der Waals surface area (Å²) in [6, 6.07) is 4.18. The van der Waals surface area contributed by atoms with E-state index in [0.717, 1.165) is 37.8 Å². The van der Waals surface area contributed by atoms with Gasteiger partial charge in [0.1, 0.15) is 11.7 Å². The van der Waals surface area contributed by atoms with E-state index >= 15 is 0 Å². The van der Waals surface area contributed by atoms with Crippen LogP contribution >= 0.6 is 0 Å². The molecule has 0 aromatic heterocycles. The van der Waals surface area contributed by atoms with Gasteiger partial charge in [0.25, 0.3) is 0 Å². The van der Waals surface area contributed by atoms with E-state index in [0.29, 0.717) is 18.7 Å². The van der Waals surface area contributed by atoms with Crippen molar-refractivity contribution in [3.8, 4) is 11.5 Å². The highest BCUT2D eigenvalue weighted by Crippen LogP contribution is 2.66. The number of likely N-dealkylation sites (N-methyl/N-ethyl adjacent to an activating group) is 1. The molecule has 2 N–H and O–H groups in total. The zero-order valence-electron chi connectivity index (χ0n) is 19.9. The van der Waals surface area contributed by atoms with Crippen LogP contribution in [0.25, 0.3) is 0 Å². The number of carbonyl (C=O) groups excluding carboxylic acids is 1. The number of phenols is 1. The van der Waals surface area contributed by atoms with E-state index in [1.807, 2.05) is 27.9 Å². The fourth-order valence-electron chi connectivity index (χ4n) is 7.10. The summed E-state index contributed by atoms with van der Waals surface area (Å²) in [6.07, 6.45) is 3.80. The van der Waals surface area contributed by atoms with Crippen LogP contribution < -0.4 is 10.1 Å². The van der Waals surface area contributed by atoms with Crippen LogP contribution in [0.15, 0.2) is 12.1 Å². The summed E-state index contributed by atoms with van der Waals surface area (Å²) in [6.45, 7) is 7.16. The Morgan fingerprint density at radius 3 is 2.84 bits per heavy atom. The third-order valence-corrected chi connectivity index (χ3v) is 8.21. The first-order valence-electron chi connectivity index (χ1n) is 11.9. The second kappa shape index (κ2) is 7.34. The molecule has 4 aliphatic rings. The van der Waals surface area contributed by atoms with Crippen LogP contribution in [0.5, 0.6) is 11.5 Å². The highest BCUT2D eigenvalue weighted by molar-refractivity contribution is 5.70. The van der Waals surface area contributed by atoms with Gasteiger partial charge in [-0.05, 0) is 71.7 Å². The lowest BCUT2D eigenvalue weighted by atomic mass is 9.48. The fraction of sp³-hybridized carbons (Fsp3) is 0.720. The van der Waals surface area contributed by atoms with Crippen molar-refractivity contribution in [1.82, 2.24) is 10.2 Å². The van der Waals surface area contributed by atoms with Crippen molar-refractivity contribution in [1.29, 1.82) is 0 Å². The summed E-state index contributed by atoms with van der Waals surface area (Å²) >= 11 is 0. The molecule has 32 heavy (non-hydrogen) atoms. The maximum atomic E-state index is 12.2. The number of esters is 1. The van der Waals surface area contributed by atoms with Crippen molar-refractivity contribution in [2.24, 2.45) is 0 Å². The molecule has 2 aliphatic heterocycles. The number of carbonyl (C=O) groups is 1. The number of methoxy groups -OCH3 is 1. The van der Waals surface area contributed by atoms with E-state index in [2.05, 4.69) is 23.3 Å². The number of piperidine rings is 1. The summed E-state index contributed by atoms with van der Waals surface area (Å²) in [4.78, 5) is 14.7. The maximum absolute atomic E-state index is 12.2. The lowest BCUT2D eigenvalue weighted by Gasteiger charge is -2.65. The molecule has 5 atom stereocenters. The number of likely N-dealkylation sites (tertiary alicyclic amines) is 1. The first-order valence-corrected chi connectivity index (χ1v) is 11.9. The standard InChI is InChI=1S/C25H36N2O5/c1-23(2,3)32-19(29)9-12-26-16-8-10-25(30-5)18-14-15-6-7-17(28)21-20(15)24(25,22(16)31-21)11-13-27(18)4/h6-7,16,18,22,26,28H,8-14H2,1-5H3/t16-,18-,22+,24+,25-/m1/s1. The number of hydrogen-bond donors (Lipinski definition) is 2. The van der Waals surface area contributed by atoms with Gasteiger partial charge in [0.15, 0.2) is 11.5 Å². The number of aromatic hydroxyl groups is 1. The van der Waals surface area contributed by atoms with Crippen molar-refractivity contribution in [3.05, 3.63) is 23.3 Å². The molecule has 5 rings (SSSR count). The van der Waals surface area contributed by atoms with Gasteiger partial charge in [-0.1, -0.05) is 6.07 Å². The van der Waals surface area contributed by atoms with Gasteiger partial charge < -0.3 is 29.5 Å². The molecule has 1 aromatic rings. The molecule has 7 heteroatoms. The largest absolute Gasteiger partial charge is 0.504 e. The third-order valence-electron chi connectivity index (χ3n) is 8.21. The Hall–Kier alpha value is -1.83. The molecule has 0 radical (unpaired) electrons. The molecular formula is C25H36N2O5. The van der Waals surface area contributed by atoms with E-state index in [1.54, 1.807) is 6.07 Å². The zero-order valence-corrected chi connectivity index (χ0v) is 19.9. The Kier molecular flexibility index (Phi) is 5.04. The van der Waals surface area contributed by atoms with E-state index in [-0.39, 0.29) is 40.9 Å². The zero-order chi connectivity index (χ0) is 22.9. The predicted octanol–water partition coefficient (Wildman–Crippen LogP) is 2.52. The van der Waals surface area contributed by atoms with Crippen LogP contribution in [0, 0.1) is 0 Å². The number of benzene rings is 1. The molecule has 2 aliphatic carbocycles. The Bertz CT molecular complexity index is 928. The minimum Gasteiger partial charge on any atom is -0.504 e. The van der Waals surface area contributed by atoms with Gasteiger partial charge >= 0.3 is 5.97 Å². The quantitative estimate of drug-likeness (QED) is 0.676. The minimum absolute atomic E-state index is 0.0718. The highest BCUT2D eigenvalue weighted by atomic mass is 16.6. The number of ether oxygens (including phenoxy) is 3. The molecule has 1 spiro atoms. The number of hydrogen-bond acceptors (Lipinski definition) is 7. The topological polar surface area (TPSA) is 80.3 Å². The van der Waals surface area contributed by atoms with Gasteiger partial charge in [-0.15, -0.1) is 0 Å². The van der Waals surface area contributed by atoms with Crippen molar-refractivity contribution in [2.75, 3.05) is 27.2 Å². The molecule has 176 valence electrons. The number of rotatable bonds is 5. The molecule has 2 heterocycles. The summed E-state index contributed by atoms with van der Waals surface area (Å²) in [5.74, 6) is 0.651. The first-order chi connectivity index (χ1) is 15.1. The summed E-state index contributed by atoms with van der Waals surface area (Å²) in [5, 5.41) is 14.3. The van der Waals surface area contributed by atoms with Crippen LogP contribution in [0.1, 0.15) is 57.6 Å². The molecule has 7 nitrogen and oxygen atoms in total.